The van der Waals surface area contributed by atoms with Gasteiger partial charge in [-0.1, -0.05) is 35.6 Å². The highest BCUT2D eigenvalue weighted by atomic mass is 32.1. The Hall–Kier alpha value is -2.24. The highest BCUT2D eigenvalue weighted by Gasteiger charge is 2.09. The highest BCUT2D eigenvalue weighted by Crippen LogP contribution is 2.19. The van der Waals surface area contributed by atoms with Crippen LogP contribution in [0.4, 0.5) is 0 Å². The zero-order chi connectivity index (χ0) is 18.7. The maximum absolute atomic E-state index is 12.5. The maximum atomic E-state index is 12.5. The first-order valence-electron chi connectivity index (χ1n) is 8.70. The zero-order valence-corrected chi connectivity index (χ0v) is 16.5. The SMILES string of the molecule is COCCn1c(=NC(=O)Cc2ccc(C)c(C)c2)sc2cc(C)ccc21. The van der Waals surface area contributed by atoms with Gasteiger partial charge in [-0.15, -0.1) is 0 Å². The number of thiazole rings is 1. The van der Waals surface area contributed by atoms with Crippen molar-refractivity contribution < 1.29 is 9.53 Å². The van der Waals surface area contributed by atoms with E-state index in [-0.39, 0.29) is 5.91 Å². The molecule has 0 bridgehead atoms. The van der Waals surface area contributed by atoms with Crippen molar-refractivity contribution in [2.45, 2.75) is 33.7 Å². The molecule has 1 heterocycles. The molecule has 0 aliphatic carbocycles. The normalized spacial score (nSPS) is 12.1. The largest absolute Gasteiger partial charge is 0.383 e. The van der Waals surface area contributed by atoms with Crippen LogP contribution in [0.1, 0.15) is 22.3 Å². The van der Waals surface area contributed by atoms with Crippen LogP contribution in [-0.2, 0) is 22.5 Å². The molecule has 0 aliphatic rings. The Morgan fingerprint density at radius 2 is 1.92 bits per heavy atom. The number of amides is 1. The second-order valence-corrected chi connectivity index (χ2v) is 7.61. The van der Waals surface area contributed by atoms with Crippen molar-refractivity contribution >= 4 is 27.5 Å². The standard InChI is InChI=1S/C21H24N2O2S/c1-14-5-8-18-19(11-14)26-21(23(18)9-10-25-4)22-20(24)13-17-7-6-15(2)16(3)12-17/h5-8,11-12H,9-10,13H2,1-4H3. The van der Waals surface area contributed by atoms with Crippen molar-refractivity contribution in [1.29, 1.82) is 0 Å². The molecule has 0 atom stereocenters. The lowest BCUT2D eigenvalue weighted by atomic mass is 10.0. The molecule has 0 saturated heterocycles. The molecule has 3 aromatic rings. The lowest BCUT2D eigenvalue weighted by Crippen LogP contribution is -2.19. The minimum atomic E-state index is -0.123. The molecule has 1 amide bonds. The number of rotatable bonds is 5. The molecule has 136 valence electrons. The first-order chi connectivity index (χ1) is 12.5. The van der Waals surface area contributed by atoms with Crippen LogP contribution in [0.3, 0.4) is 0 Å². The predicted octanol–water partition coefficient (Wildman–Crippen LogP) is 3.94. The first kappa shape index (κ1) is 18.5. The van der Waals surface area contributed by atoms with Gasteiger partial charge in [-0.2, -0.15) is 4.99 Å². The van der Waals surface area contributed by atoms with E-state index in [0.717, 1.165) is 20.6 Å². The molecule has 0 aliphatic heterocycles. The predicted molar refractivity (Wildman–Crippen MR) is 107 cm³/mol. The van der Waals surface area contributed by atoms with Gasteiger partial charge < -0.3 is 9.30 Å². The Morgan fingerprint density at radius 1 is 1.12 bits per heavy atom. The molecule has 0 radical (unpaired) electrons. The van der Waals surface area contributed by atoms with Crippen LogP contribution >= 0.6 is 11.3 Å². The molecule has 4 nitrogen and oxygen atoms in total. The van der Waals surface area contributed by atoms with Crippen molar-refractivity contribution in [3.63, 3.8) is 0 Å². The number of carbonyl (C=O) groups excluding carboxylic acids is 1. The van der Waals surface area contributed by atoms with Crippen molar-refractivity contribution in [2.75, 3.05) is 13.7 Å². The number of hydrogen-bond acceptors (Lipinski definition) is 3. The van der Waals surface area contributed by atoms with Gasteiger partial charge in [0.25, 0.3) is 5.91 Å². The van der Waals surface area contributed by atoms with E-state index < -0.39 is 0 Å². The van der Waals surface area contributed by atoms with E-state index in [1.165, 1.54) is 16.7 Å². The van der Waals surface area contributed by atoms with E-state index in [0.29, 0.717) is 19.6 Å². The van der Waals surface area contributed by atoms with Gasteiger partial charge in [-0.25, -0.2) is 0 Å². The summed E-state index contributed by atoms with van der Waals surface area (Å²) in [6.07, 6.45) is 0.318. The number of aryl methyl sites for hydroxylation is 3. The molecule has 1 aromatic heterocycles. The Kier molecular flexibility index (Phi) is 5.69. The summed E-state index contributed by atoms with van der Waals surface area (Å²) in [6, 6.07) is 12.4. The van der Waals surface area contributed by atoms with Crippen LogP contribution < -0.4 is 4.80 Å². The Labute approximate surface area is 157 Å². The number of fused-ring (bicyclic) bond motifs is 1. The Morgan fingerprint density at radius 3 is 2.65 bits per heavy atom. The van der Waals surface area contributed by atoms with Gasteiger partial charge in [0.15, 0.2) is 4.80 Å². The topological polar surface area (TPSA) is 43.6 Å². The van der Waals surface area contributed by atoms with Crippen LogP contribution in [0.5, 0.6) is 0 Å². The zero-order valence-electron chi connectivity index (χ0n) is 15.7. The first-order valence-corrected chi connectivity index (χ1v) is 9.52. The molecule has 3 rings (SSSR count). The molecule has 26 heavy (non-hydrogen) atoms. The van der Waals surface area contributed by atoms with Crippen molar-refractivity contribution in [3.8, 4) is 0 Å². The quantitative estimate of drug-likeness (QED) is 0.684. The smallest absolute Gasteiger partial charge is 0.252 e. The van der Waals surface area contributed by atoms with Gasteiger partial charge in [0.1, 0.15) is 0 Å². The summed E-state index contributed by atoms with van der Waals surface area (Å²) in [7, 11) is 1.68. The van der Waals surface area contributed by atoms with Crippen molar-refractivity contribution in [3.05, 3.63) is 63.5 Å². The van der Waals surface area contributed by atoms with Crippen molar-refractivity contribution in [1.82, 2.24) is 4.57 Å². The molecule has 5 heteroatoms. The average molecular weight is 369 g/mol. The molecule has 0 saturated carbocycles. The monoisotopic (exact) mass is 368 g/mol. The van der Waals surface area contributed by atoms with Gasteiger partial charge in [0, 0.05) is 13.7 Å². The molecular formula is C21H24N2O2S. The van der Waals surface area contributed by atoms with E-state index in [1.807, 2.05) is 6.07 Å². The van der Waals surface area contributed by atoms with Gasteiger partial charge in [-0.3, -0.25) is 4.79 Å². The summed E-state index contributed by atoms with van der Waals surface area (Å²) in [6.45, 7) is 7.46. The minimum Gasteiger partial charge on any atom is -0.383 e. The lowest BCUT2D eigenvalue weighted by molar-refractivity contribution is -0.117. The number of carbonyl (C=O) groups is 1. The third kappa shape index (κ3) is 4.11. The van der Waals surface area contributed by atoms with E-state index in [4.69, 9.17) is 4.74 Å². The van der Waals surface area contributed by atoms with Crippen LogP contribution in [0.15, 0.2) is 41.4 Å². The summed E-state index contributed by atoms with van der Waals surface area (Å²) >= 11 is 1.55. The minimum absolute atomic E-state index is 0.123. The summed E-state index contributed by atoms with van der Waals surface area (Å²) in [4.78, 5) is 17.7. The van der Waals surface area contributed by atoms with Crippen LogP contribution in [0.25, 0.3) is 10.2 Å². The molecule has 0 N–H and O–H groups in total. The third-order valence-corrected chi connectivity index (χ3v) is 5.55. The number of aromatic nitrogens is 1. The van der Waals surface area contributed by atoms with E-state index in [2.05, 4.69) is 60.7 Å². The second-order valence-electron chi connectivity index (χ2n) is 6.60. The summed E-state index contributed by atoms with van der Waals surface area (Å²) in [5.74, 6) is -0.123. The van der Waals surface area contributed by atoms with Crippen LogP contribution in [-0.4, -0.2) is 24.2 Å². The molecule has 0 fully saturated rings. The Balaban J connectivity index is 1.96. The summed E-state index contributed by atoms with van der Waals surface area (Å²) in [5, 5.41) is 0. The van der Waals surface area contributed by atoms with E-state index in [1.54, 1.807) is 18.4 Å². The maximum Gasteiger partial charge on any atom is 0.252 e. The summed E-state index contributed by atoms with van der Waals surface area (Å²) < 4.78 is 8.43. The third-order valence-electron chi connectivity index (χ3n) is 4.50. The fourth-order valence-electron chi connectivity index (χ4n) is 2.90. The van der Waals surface area contributed by atoms with Crippen LogP contribution in [0.2, 0.25) is 0 Å². The number of methoxy groups -OCH3 is 1. The van der Waals surface area contributed by atoms with Crippen molar-refractivity contribution in [2.24, 2.45) is 4.99 Å². The molecule has 0 unspecified atom stereocenters. The van der Waals surface area contributed by atoms with E-state index in [9.17, 15) is 4.79 Å². The van der Waals surface area contributed by atoms with E-state index >= 15 is 0 Å². The number of benzene rings is 2. The van der Waals surface area contributed by atoms with Gasteiger partial charge in [0.2, 0.25) is 0 Å². The average Bonchev–Trinajstić information content (AvgIpc) is 2.92. The van der Waals surface area contributed by atoms with Gasteiger partial charge >= 0.3 is 0 Å². The fraction of sp³-hybridized carbons (Fsp3) is 0.333. The summed E-state index contributed by atoms with van der Waals surface area (Å²) in [5.41, 5.74) is 5.72. The number of nitrogens with zero attached hydrogens (tertiary/aromatic N) is 2. The fourth-order valence-corrected chi connectivity index (χ4v) is 4.07. The van der Waals surface area contributed by atoms with Gasteiger partial charge in [0.05, 0.1) is 23.2 Å². The lowest BCUT2D eigenvalue weighted by Gasteiger charge is -2.05. The van der Waals surface area contributed by atoms with Crippen LogP contribution in [0, 0.1) is 20.8 Å². The van der Waals surface area contributed by atoms with Gasteiger partial charge in [-0.05, 0) is 55.2 Å². The number of hydrogen-bond donors (Lipinski definition) is 0. The second kappa shape index (κ2) is 7.98. The molecule has 2 aromatic carbocycles. The Bertz CT molecular complexity index is 1010. The molecular weight excluding hydrogens is 344 g/mol. The molecule has 0 spiro atoms. The highest BCUT2D eigenvalue weighted by molar-refractivity contribution is 7.16. The number of ether oxygens (including phenoxy) is 1.